The SMILES string of the molecule is C=C(F)C(=O)Oc1ccc(C(=O)Sc2ccc(C#Cc3ccc(C#Cc4ccc(OCCCCCCOC(=O)C(=C)COC)cc4)cc3)cc2)cc1C. The Morgan fingerprint density at radius 2 is 1.23 bits per heavy atom. The number of unbranched alkanes of at least 4 members (excludes halogenated alkanes) is 3. The van der Waals surface area contributed by atoms with Crippen LogP contribution in [0.2, 0.25) is 0 Å². The number of carbonyl (C=O) groups excluding carboxylic acids is 3. The Morgan fingerprint density at radius 1 is 0.698 bits per heavy atom. The Kier molecular flexibility index (Phi) is 15.7. The minimum atomic E-state index is -1.19. The number of hydrogen-bond donors (Lipinski definition) is 0. The van der Waals surface area contributed by atoms with E-state index < -0.39 is 17.8 Å². The van der Waals surface area contributed by atoms with Crippen LogP contribution < -0.4 is 9.47 Å². The Bertz CT molecular complexity index is 2050. The van der Waals surface area contributed by atoms with E-state index in [0.717, 1.165) is 70.3 Å². The Morgan fingerprint density at radius 3 is 1.75 bits per heavy atom. The molecule has 0 aliphatic rings. The molecule has 0 heterocycles. The fraction of sp³-hybridized carbons (Fsp3) is 0.205. The zero-order valence-corrected chi connectivity index (χ0v) is 30.5. The second kappa shape index (κ2) is 20.8. The van der Waals surface area contributed by atoms with E-state index in [2.05, 4.69) is 36.8 Å². The van der Waals surface area contributed by atoms with Gasteiger partial charge in [0.1, 0.15) is 11.5 Å². The first-order valence-electron chi connectivity index (χ1n) is 16.8. The van der Waals surface area contributed by atoms with Crippen LogP contribution in [0.5, 0.6) is 11.5 Å². The fourth-order valence-electron chi connectivity index (χ4n) is 4.63. The number of methoxy groups -OCH3 is 1. The molecule has 270 valence electrons. The highest BCUT2D eigenvalue weighted by atomic mass is 32.2. The van der Waals surface area contributed by atoms with Gasteiger partial charge in [-0.2, -0.15) is 4.39 Å². The van der Waals surface area contributed by atoms with Crippen molar-refractivity contribution in [3.05, 3.63) is 149 Å². The van der Waals surface area contributed by atoms with Gasteiger partial charge in [0.2, 0.25) is 10.9 Å². The topological polar surface area (TPSA) is 88.1 Å². The van der Waals surface area contributed by atoms with Crippen molar-refractivity contribution in [2.24, 2.45) is 0 Å². The Labute approximate surface area is 314 Å². The van der Waals surface area contributed by atoms with Crippen molar-refractivity contribution in [1.82, 2.24) is 0 Å². The number of rotatable bonds is 15. The van der Waals surface area contributed by atoms with Crippen LogP contribution in [0.15, 0.2) is 120 Å². The van der Waals surface area contributed by atoms with E-state index in [1.807, 2.05) is 72.8 Å². The van der Waals surface area contributed by atoms with Crippen molar-refractivity contribution >= 4 is 28.8 Å². The molecule has 0 unspecified atom stereocenters. The highest BCUT2D eigenvalue weighted by Gasteiger charge is 2.14. The summed E-state index contributed by atoms with van der Waals surface area (Å²) in [5.41, 5.74) is 4.66. The van der Waals surface area contributed by atoms with Crippen LogP contribution in [-0.2, 0) is 19.1 Å². The summed E-state index contributed by atoms with van der Waals surface area (Å²) in [5.74, 6) is 10.8. The summed E-state index contributed by atoms with van der Waals surface area (Å²) in [4.78, 5) is 36.7. The van der Waals surface area contributed by atoms with Crippen LogP contribution in [0.1, 0.15) is 63.9 Å². The summed E-state index contributed by atoms with van der Waals surface area (Å²) in [5, 5.41) is -0.186. The number of esters is 2. The standard InChI is InChI=1S/C44H39FO7S/c1-31-29-38(21-26-41(31)52-43(47)33(3)45)44(48)53-40-24-19-37(20-25-40)16-14-35-11-9-34(10-12-35)13-15-36-17-22-39(23-18-36)50-27-7-5-6-8-28-51-42(46)32(2)30-49-4/h9-12,17-26,29H,2-3,5-8,27-28,30H2,1,4H3. The van der Waals surface area contributed by atoms with E-state index >= 15 is 0 Å². The van der Waals surface area contributed by atoms with Gasteiger partial charge in [0.15, 0.2) is 0 Å². The van der Waals surface area contributed by atoms with Crippen molar-refractivity contribution in [3.8, 4) is 35.2 Å². The zero-order chi connectivity index (χ0) is 38.0. The minimum absolute atomic E-state index is 0.163. The van der Waals surface area contributed by atoms with Crippen molar-refractivity contribution in [3.63, 3.8) is 0 Å². The van der Waals surface area contributed by atoms with Crippen molar-refractivity contribution in [2.75, 3.05) is 26.9 Å². The highest BCUT2D eigenvalue weighted by molar-refractivity contribution is 8.14. The first-order valence-corrected chi connectivity index (χ1v) is 17.6. The number of hydrogen-bond acceptors (Lipinski definition) is 8. The maximum Gasteiger partial charge on any atom is 0.371 e. The lowest BCUT2D eigenvalue weighted by Gasteiger charge is -2.08. The van der Waals surface area contributed by atoms with E-state index in [-0.39, 0.29) is 17.5 Å². The molecule has 4 aromatic carbocycles. The number of aryl methyl sites for hydroxylation is 1. The van der Waals surface area contributed by atoms with E-state index in [1.54, 1.807) is 13.0 Å². The summed E-state index contributed by atoms with van der Waals surface area (Å²) < 4.78 is 33.8. The number of halogens is 1. The van der Waals surface area contributed by atoms with E-state index in [4.69, 9.17) is 18.9 Å². The van der Waals surface area contributed by atoms with Gasteiger partial charge in [-0.1, -0.05) is 36.8 Å². The largest absolute Gasteiger partial charge is 0.494 e. The van der Waals surface area contributed by atoms with Crippen LogP contribution in [0.25, 0.3) is 0 Å². The maximum atomic E-state index is 13.0. The lowest BCUT2D eigenvalue weighted by Crippen LogP contribution is -2.11. The van der Waals surface area contributed by atoms with Gasteiger partial charge in [0.05, 0.1) is 25.4 Å². The maximum absolute atomic E-state index is 13.0. The third-order valence-electron chi connectivity index (χ3n) is 7.49. The molecule has 0 fully saturated rings. The third kappa shape index (κ3) is 13.6. The first-order chi connectivity index (χ1) is 25.6. The lowest BCUT2D eigenvalue weighted by atomic mass is 10.1. The average molecular weight is 731 g/mol. The second-order valence-electron chi connectivity index (χ2n) is 11.7. The number of thioether (sulfide) groups is 1. The van der Waals surface area contributed by atoms with Gasteiger partial charge in [-0.15, -0.1) is 0 Å². The monoisotopic (exact) mass is 730 g/mol. The number of ether oxygens (including phenoxy) is 4. The molecule has 4 aromatic rings. The zero-order valence-electron chi connectivity index (χ0n) is 29.7. The summed E-state index contributed by atoms with van der Waals surface area (Å²) in [7, 11) is 1.51. The number of carbonyl (C=O) groups is 3. The smallest absolute Gasteiger partial charge is 0.371 e. The van der Waals surface area contributed by atoms with Crippen molar-refractivity contribution < 1.29 is 37.7 Å². The minimum Gasteiger partial charge on any atom is -0.494 e. The first kappa shape index (κ1) is 39.9. The molecule has 0 saturated carbocycles. The van der Waals surface area contributed by atoms with Gasteiger partial charge in [-0.25, -0.2) is 9.59 Å². The van der Waals surface area contributed by atoms with Crippen LogP contribution in [-0.4, -0.2) is 44.0 Å². The molecule has 53 heavy (non-hydrogen) atoms. The molecule has 0 bridgehead atoms. The molecule has 0 atom stereocenters. The molecule has 0 spiro atoms. The summed E-state index contributed by atoms with van der Waals surface area (Å²) in [6.07, 6.45) is 3.62. The molecule has 0 aliphatic heterocycles. The quantitative estimate of drug-likeness (QED) is 0.0300. The van der Waals surface area contributed by atoms with Crippen LogP contribution in [0, 0.1) is 30.6 Å². The molecule has 0 saturated heterocycles. The Hall–Kier alpha value is -5.87. The van der Waals surface area contributed by atoms with Gasteiger partial charge in [0, 0.05) is 39.8 Å². The molecular weight excluding hydrogens is 692 g/mol. The predicted molar refractivity (Wildman–Crippen MR) is 204 cm³/mol. The van der Waals surface area contributed by atoms with Crippen LogP contribution in [0.4, 0.5) is 4.39 Å². The molecular formula is C44H39FO7S. The average Bonchev–Trinajstić information content (AvgIpc) is 3.16. The second-order valence-corrected chi connectivity index (χ2v) is 12.8. The van der Waals surface area contributed by atoms with Crippen molar-refractivity contribution in [2.45, 2.75) is 37.5 Å². The molecule has 0 N–H and O–H groups in total. The van der Waals surface area contributed by atoms with E-state index in [1.165, 1.54) is 19.2 Å². The van der Waals surface area contributed by atoms with Crippen LogP contribution >= 0.6 is 11.8 Å². The third-order valence-corrected chi connectivity index (χ3v) is 8.42. The van der Waals surface area contributed by atoms with Crippen molar-refractivity contribution in [1.29, 1.82) is 0 Å². The molecule has 0 aromatic heterocycles. The lowest BCUT2D eigenvalue weighted by molar-refractivity contribution is -0.139. The van der Waals surface area contributed by atoms with Gasteiger partial charge < -0.3 is 18.9 Å². The summed E-state index contributed by atoms with van der Waals surface area (Å²) in [6.45, 7) is 9.38. The highest BCUT2D eigenvalue weighted by Crippen LogP contribution is 2.27. The summed E-state index contributed by atoms with van der Waals surface area (Å²) >= 11 is 1.06. The van der Waals surface area contributed by atoms with Gasteiger partial charge in [-0.05, 0) is 141 Å². The molecule has 0 amide bonds. The fourth-order valence-corrected chi connectivity index (χ4v) is 5.36. The molecule has 0 aliphatic carbocycles. The summed E-state index contributed by atoms with van der Waals surface area (Å²) in [6, 6.07) is 27.3. The predicted octanol–water partition coefficient (Wildman–Crippen LogP) is 8.80. The van der Waals surface area contributed by atoms with Gasteiger partial charge >= 0.3 is 11.9 Å². The van der Waals surface area contributed by atoms with E-state index in [9.17, 15) is 18.8 Å². The Balaban J connectivity index is 1.18. The van der Waals surface area contributed by atoms with Gasteiger partial charge in [0.25, 0.3) is 0 Å². The molecule has 7 nitrogen and oxygen atoms in total. The molecule has 9 heteroatoms. The normalized spacial score (nSPS) is 10.2. The van der Waals surface area contributed by atoms with Crippen LogP contribution in [0.3, 0.4) is 0 Å². The van der Waals surface area contributed by atoms with E-state index in [0.29, 0.717) is 29.9 Å². The molecule has 0 radical (unpaired) electrons. The van der Waals surface area contributed by atoms with Gasteiger partial charge in [-0.3, -0.25) is 4.79 Å². The molecule has 4 rings (SSSR count). The number of benzene rings is 4.